The van der Waals surface area contributed by atoms with Crippen LogP contribution in [0.15, 0.2) is 48.7 Å². The molecule has 6 nitrogen and oxygen atoms in total. The molecule has 4 rings (SSSR count). The van der Waals surface area contributed by atoms with Gasteiger partial charge in [-0.05, 0) is 68.1 Å². The van der Waals surface area contributed by atoms with Crippen LogP contribution in [0, 0.1) is 0 Å². The predicted octanol–water partition coefficient (Wildman–Crippen LogP) is 4.36. The van der Waals surface area contributed by atoms with Crippen molar-refractivity contribution in [2.45, 2.75) is 38.8 Å². The number of anilines is 1. The fourth-order valence-electron chi connectivity index (χ4n) is 4.12. The second-order valence-electron chi connectivity index (χ2n) is 8.42. The molecule has 0 saturated carbocycles. The first kappa shape index (κ1) is 21.1. The summed E-state index contributed by atoms with van der Waals surface area (Å²) in [5, 5.41) is 1.15. The molecule has 0 spiro atoms. The smallest absolute Gasteiger partial charge is 0.246 e. The highest BCUT2D eigenvalue weighted by atomic mass is 16.2. The van der Waals surface area contributed by atoms with Gasteiger partial charge in [-0.3, -0.25) is 9.69 Å². The van der Waals surface area contributed by atoms with Gasteiger partial charge in [0.25, 0.3) is 0 Å². The number of benzene rings is 1. The summed E-state index contributed by atoms with van der Waals surface area (Å²) in [7, 11) is 1.83. The van der Waals surface area contributed by atoms with E-state index in [4.69, 9.17) is 5.73 Å². The maximum Gasteiger partial charge on any atom is 0.246 e. The van der Waals surface area contributed by atoms with Gasteiger partial charge < -0.3 is 15.6 Å². The quantitative estimate of drug-likeness (QED) is 0.584. The maximum atomic E-state index is 12.8. The Bertz CT molecular complexity index is 1050. The molecular formula is C25H31N5O. The number of nitrogen functional groups attached to an aromatic ring is 1. The Morgan fingerprint density at radius 1 is 1.26 bits per heavy atom. The Morgan fingerprint density at radius 3 is 2.81 bits per heavy atom. The van der Waals surface area contributed by atoms with Crippen LogP contribution >= 0.6 is 0 Å². The molecule has 0 bridgehead atoms. The van der Waals surface area contributed by atoms with Crippen LogP contribution in [0.4, 0.5) is 5.82 Å². The number of aromatic nitrogens is 2. The van der Waals surface area contributed by atoms with Gasteiger partial charge in [0.15, 0.2) is 0 Å². The van der Waals surface area contributed by atoms with E-state index in [0.717, 1.165) is 47.4 Å². The fourth-order valence-corrected chi connectivity index (χ4v) is 4.12. The summed E-state index contributed by atoms with van der Waals surface area (Å²) >= 11 is 0. The number of nitrogens with one attached hydrogen (secondary N) is 1. The maximum absolute atomic E-state index is 12.8. The van der Waals surface area contributed by atoms with E-state index in [2.05, 4.69) is 27.0 Å². The zero-order valence-corrected chi connectivity index (χ0v) is 18.3. The largest absolute Gasteiger partial charge is 0.383 e. The second-order valence-corrected chi connectivity index (χ2v) is 8.42. The van der Waals surface area contributed by atoms with Crippen molar-refractivity contribution in [3.05, 3.63) is 65.5 Å². The number of nitrogens with two attached hydrogens (primary N) is 1. The van der Waals surface area contributed by atoms with Crippen LogP contribution in [0.1, 0.15) is 49.0 Å². The monoisotopic (exact) mass is 417 g/mol. The van der Waals surface area contributed by atoms with Gasteiger partial charge in [0, 0.05) is 42.6 Å². The van der Waals surface area contributed by atoms with Crippen LogP contribution in [-0.2, 0) is 11.3 Å². The van der Waals surface area contributed by atoms with Crippen molar-refractivity contribution >= 4 is 28.7 Å². The first-order valence-electron chi connectivity index (χ1n) is 11.0. The minimum atomic E-state index is -0.0660. The molecule has 0 aliphatic carbocycles. The number of H-pyrrole nitrogens is 1. The van der Waals surface area contributed by atoms with E-state index in [1.165, 1.54) is 19.3 Å². The molecule has 1 aliphatic heterocycles. The molecule has 6 heteroatoms. The van der Waals surface area contributed by atoms with E-state index in [9.17, 15) is 4.79 Å². The lowest BCUT2D eigenvalue weighted by atomic mass is 10.1. The molecule has 3 aromatic rings. The van der Waals surface area contributed by atoms with Crippen molar-refractivity contribution in [3.8, 4) is 0 Å². The number of likely N-dealkylation sites (tertiary alicyclic amines) is 1. The lowest BCUT2D eigenvalue weighted by molar-refractivity contribution is -0.126. The van der Waals surface area contributed by atoms with E-state index in [1.54, 1.807) is 17.2 Å². The lowest BCUT2D eigenvalue weighted by Gasteiger charge is -2.26. The van der Waals surface area contributed by atoms with Gasteiger partial charge in [-0.25, -0.2) is 4.98 Å². The van der Waals surface area contributed by atoms with Gasteiger partial charge in [-0.15, -0.1) is 0 Å². The second kappa shape index (κ2) is 9.35. The van der Waals surface area contributed by atoms with Crippen LogP contribution in [0.3, 0.4) is 0 Å². The SMILES string of the molecule is CC(c1cc2ccccc2[nH]1)N(C)C(=O)C=Cc1cnc(N)c(CN2CCCCC2)c1. The van der Waals surface area contributed by atoms with E-state index in [0.29, 0.717) is 5.82 Å². The number of pyridine rings is 1. The number of hydrogen-bond acceptors (Lipinski definition) is 4. The molecule has 31 heavy (non-hydrogen) atoms. The van der Waals surface area contributed by atoms with Crippen molar-refractivity contribution in [1.82, 2.24) is 19.8 Å². The molecule has 162 valence electrons. The van der Waals surface area contributed by atoms with Gasteiger partial charge in [0.1, 0.15) is 5.82 Å². The average molecular weight is 418 g/mol. The molecule has 2 aromatic heterocycles. The Morgan fingerprint density at radius 2 is 2.03 bits per heavy atom. The minimum absolute atomic E-state index is 0.0550. The molecule has 1 amide bonds. The van der Waals surface area contributed by atoms with Crippen molar-refractivity contribution < 1.29 is 4.79 Å². The highest BCUT2D eigenvalue weighted by Gasteiger charge is 2.17. The van der Waals surface area contributed by atoms with Crippen LogP contribution in [-0.4, -0.2) is 45.8 Å². The Balaban J connectivity index is 1.43. The zero-order valence-electron chi connectivity index (χ0n) is 18.3. The molecule has 0 radical (unpaired) electrons. The summed E-state index contributed by atoms with van der Waals surface area (Å²) in [4.78, 5) is 24.7. The Hall–Kier alpha value is -3.12. The Kier molecular flexibility index (Phi) is 6.37. The lowest BCUT2D eigenvalue weighted by Crippen LogP contribution is -2.29. The van der Waals surface area contributed by atoms with E-state index < -0.39 is 0 Å². The fraction of sp³-hybridized carbons (Fsp3) is 0.360. The van der Waals surface area contributed by atoms with Gasteiger partial charge >= 0.3 is 0 Å². The summed E-state index contributed by atoms with van der Waals surface area (Å²) in [5.41, 5.74) is 10.1. The zero-order chi connectivity index (χ0) is 21.8. The van der Waals surface area contributed by atoms with E-state index in [-0.39, 0.29) is 11.9 Å². The first-order chi connectivity index (χ1) is 15.0. The highest BCUT2D eigenvalue weighted by molar-refractivity contribution is 5.92. The molecule has 1 atom stereocenters. The summed E-state index contributed by atoms with van der Waals surface area (Å²) < 4.78 is 0. The summed E-state index contributed by atoms with van der Waals surface area (Å²) in [6.07, 6.45) is 8.93. The molecule has 3 heterocycles. The number of para-hydroxylation sites is 1. The number of carbonyl (C=O) groups excluding carboxylic acids is 1. The van der Waals surface area contributed by atoms with Gasteiger partial charge in [-0.2, -0.15) is 0 Å². The Labute approximate surface area is 183 Å². The normalized spacial score (nSPS) is 16.1. The number of aromatic amines is 1. The van der Waals surface area contributed by atoms with Crippen molar-refractivity contribution in [2.75, 3.05) is 25.9 Å². The number of fused-ring (bicyclic) bond motifs is 1. The van der Waals surface area contributed by atoms with Crippen LogP contribution in [0.2, 0.25) is 0 Å². The number of piperidine rings is 1. The van der Waals surface area contributed by atoms with Crippen molar-refractivity contribution in [1.29, 1.82) is 0 Å². The van der Waals surface area contributed by atoms with Gasteiger partial charge in [-0.1, -0.05) is 24.6 Å². The summed E-state index contributed by atoms with van der Waals surface area (Å²) in [6, 6.07) is 12.2. The topological polar surface area (TPSA) is 78.2 Å². The molecule has 3 N–H and O–H groups in total. The minimum Gasteiger partial charge on any atom is -0.383 e. The van der Waals surface area contributed by atoms with Crippen LogP contribution in [0.5, 0.6) is 0 Å². The first-order valence-corrected chi connectivity index (χ1v) is 11.0. The van der Waals surface area contributed by atoms with Gasteiger partial charge in [0.2, 0.25) is 5.91 Å². The molecule has 1 saturated heterocycles. The third kappa shape index (κ3) is 4.97. The molecule has 1 aliphatic rings. The predicted molar refractivity (Wildman–Crippen MR) is 126 cm³/mol. The van der Waals surface area contributed by atoms with E-state index >= 15 is 0 Å². The van der Waals surface area contributed by atoms with Crippen molar-refractivity contribution in [2.24, 2.45) is 0 Å². The third-order valence-electron chi connectivity index (χ3n) is 6.21. The van der Waals surface area contributed by atoms with Crippen LogP contribution < -0.4 is 5.73 Å². The summed E-state index contributed by atoms with van der Waals surface area (Å²) in [6.45, 7) is 5.05. The van der Waals surface area contributed by atoms with E-state index in [1.807, 2.05) is 44.3 Å². The standard InChI is InChI=1S/C25H31N5O/c1-18(23-15-20-8-4-5-9-22(20)28-23)29(2)24(31)11-10-19-14-21(25(26)27-16-19)17-30-12-6-3-7-13-30/h4-5,8-11,14-16,18,28H,3,6-7,12-13,17H2,1-2H3,(H2,26,27). The molecular weight excluding hydrogens is 386 g/mol. The molecule has 1 fully saturated rings. The average Bonchev–Trinajstić information content (AvgIpc) is 3.23. The number of rotatable bonds is 6. The highest BCUT2D eigenvalue weighted by Crippen LogP contribution is 2.24. The summed E-state index contributed by atoms with van der Waals surface area (Å²) in [5.74, 6) is 0.513. The van der Waals surface area contributed by atoms with Crippen molar-refractivity contribution in [3.63, 3.8) is 0 Å². The third-order valence-corrected chi connectivity index (χ3v) is 6.21. The van der Waals surface area contributed by atoms with Gasteiger partial charge in [0.05, 0.1) is 6.04 Å². The number of likely N-dealkylation sites (N-methyl/N-ethyl adjacent to an activating group) is 1. The van der Waals surface area contributed by atoms with Crippen LogP contribution in [0.25, 0.3) is 17.0 Å². The number of carbonyl (C=O) groups is 1. The molecule has 1 aromatic carbocycles. The number of amides is 1. The number of nitrogens with zero attached hydrogens (tertiary/aromatic N) is 3. The number of hydrogen-bond donors (Lipinski definition) is 2. The molecule has 1 unspecified atom stereocenters.